The molecular formula is C17H20N4. The van der Waals surface area contributed by atoms with E-state index in [-0.39, 0.29) is 0 Å². The number of amidine groups is 1. The van der Waals surface area contributed by atoms with Gasteiger partial charge in [0.1, 0.15) is 0 Å². The molecule has 0 aliphatic carbocycles. The maximum Gasteiger partial charge on any atom is 0.153 e. The van der Waals surface area contributed by atoms with Gasteiger partial charge in [-0.2, -0.15) is 10.2 Å². The van der Waals surface area contributed by atoms with Crippen LogP contribution in [0.1, 0.15) is 16.7 Å². The van der Waals surface area contributed by atoms with Gasteiger partial charge in [0.05, 0.1) is 0 Å². The maximum atomic E-state index is 6.06. The van der Waals surface area contributed by atoms with E-state index in [4.69, 9.17) is 5.73 Å². The number of aryl methyl sites for hydroxylation is 2. The van der Waals surface area contributed by atoms with Gasteiger partial charge in [-0.3, -0.25) is 0 Å². The minimum Gasteiger partial charge on any atom is -0.382 e. The van der Waals surface area contributed by atoms with Crippen molar-refractivity contribution in [2.45, 2.75) is 12.8 Å². The average molecular weight is 280 g/mol. The van der Waals surface area contributed by atoms with Gasteiger partial charge in [-0.15, -0.1) is 5.10 Å². The fraction of sp³-hybridized carbons (Fsp3) is 0.176. The molecule has 0 radical (unpaired) electrons. The van der Waals surface area contributed by atoms with Crippen LogP contribution >= 0.6 is 0 Å². The molecule has 0 atom stereocenters. The third kappa shape index (κ3) is 4.18. The highest BCUT2D eigenvalue weighted by molar-refractivity contribution is 5.98. The van der Waals surface area contributed by atoms with E-state index in [1.54, 1.807) is 7.05 Å². The Hall–Kier alpha value is -2.62. The van der Waals surface area contributed by atoms with E-state index in [1.165, 1.54) is 16.2 Å². The van der Waals surface area contributed by atoms with E-state index in [0.717, 1.165) is 18.4 Å². The second-order valence-corrected chi connectivity index (χ2v) is 4.76. The SMILES string of the molecule is C=NN(C)/N=C(\N)c1ccccc1CCc1ccccc1. The first-order valence-corrected chi connectivity index (χ1v) is 6.87. The van der Waals surface area contributed by atoms with Crippen molar-refractivity contribution in [1.82, 2.24) is 5.12 Å². The minimum atomic E-state index is 0.452. The molecule has 4 nitrogen and oxygen atoms in total. The topological polar surface area (TPSA) is 54.0 Å². The zero-order valence-corrected chi connectivity index (χ0v) is 12.2. The van der Waals surface area contributed by atoms with Crippen molar-refractivity contribution in [1.29, 1.82) is 0 Å². The Kier molecular flexibility index (Phi) is 5.10. The lowest BCUT2D eigenvalue weighted by atomic mass is 9.99. The monoisotopic (exact) mass is 280 g/mol. The molecule has 0 aliphatic rings. The van der Waals surface area contributed by atoms with Gasteiger partial charge in [0.15, 0.2) is 5.84 Å². The molecule has 0 aliphatic heterocycles. The van der Waals surface area contributed by atoms with Crippen LogP contribution < -0.4 is 5.73 Å². The Morgan fingerprint density at radius 2 is 1.71 bits per heavy atom. The largest absolute Gasteiger partial charge is 0.382 e. The van der Waals surface area contributed by atoms with Crippen LogP contribution in [-0.2, 0) is 12.8 Å². The predicted molar refractivity (Wildman–Crippen MR) is 88.3 cm³/mol. The molecule has 2 aromatic carbocycles. The molecule has 0 spiro atoms. The number of benzene rings is 2. The second-order valence-electron chi connectivity index (χ2n) is 4.76. The summed E-state index contributed by atoms with van der Waals surface area (Å²) in [5.74, 6) is 0.452. The summed E-state index contributed by atoms with van der Waals surface area (Å²) in [6.45, 7) is 3.42. The standard InChI is InChI=1S/C17H20N4/c1-19-21(2)20-17(18)16-11-7-6-10-15(16)13-12-14-8-4-3-5-9-14/h3-11H,1,12-13H2,2H3,(H2,18,20). The summed E-state index contributed by atoms with van der Waals surface area (Å²) in [6.07, 6.45) is 1.89. The highest BCUT2D eigenvalue weighted by Crippen LogP contribution is 2.13. The molecule has 108 valence electrons. The Morgan fingerprint density at radius 1 is 1.05 bits per heavy atom. The summed E-state index contributed by atoms with van der Waals surface area (Å²) >= 11 is 0. The van der Waals surface area contributed by atoms with Crippen molar-refractivity contribution >= 4 is 12.6 Å². The van der Waals surface area contributed by atoms with Crippen molar-refractivity contribution in [3.8, 4) is 0 Å². The molecule has 21 heavy (non-hydrogen) atoms. The molecule has 0 bridgehead atoms. The molecule has 0 amide bonds. The number of hydrogen-bond acceptors (Lipinski definition) is 3. The fourth-order valence-electron chi connectivity index (χ4n) is 2.15. The van der Waals surface area contributed by atoms with Crippen LogP contribution in [0.25, 0.3) is 0 Å². The first-order valence-electron chi connectivity index (χ1n) is 6.87. The molecule has 2 rings (SSSR count). The third-order valence-electron chi connectivity index (χ3n) is 3.28. The quantitative estimate of drug-likeness (QED) is 0.502. The second kappa shape index (κ2) is 7.24. The van der Waals surface area contributed by atoms with E-state index < -0.39 is 0 Å². The van der Waals surface area contributed by atoms with Gasteiger partial charge in [0, 0.05) is 19.3 Å². The van der Waals surface area contributed by atoms with E-state index in [2.05, 4.69) is 47.3 Å². The normalized spacial score (nSPS) is 11.2. The summed E-state index contributed by atoms with van der Waals surface area (Å²) in [4.78, 5) is 0. The van der Waals surface area contributed by atoms with Crippen LogP contribution in [0.2, 0.25) is 0 Å². The van der Waals surface area contributed by atoms with Crippen molar-refractivity contribution < 1.29 is 0 Å². The molecular weight excluding hydrogens is 260 g/mol. The van der Waals surface area contributed by atoms with Crippen LogP contribution in [0.5, 0.6) is 0 Å². The molecule has 0 saturated carbocycles. The molecule has 0 saturated heterocycles. The van der Waals surface area contributed by atoms with Gasteiger partial charge in [-0.1, -0.05) is 54.6 Å². The first kappa shape index (κ1) is 14.8. The summed E-state index contributed by atoms with van der Waals surface area (Å²) in [5.41, 5.74) is 9.50. The van der Waals surface area contributed by atoms with Crippen molar-refractivity contribution in [3.63, 3.8) is 0 Å². The number of nitrogens with two attached hydrogens (primary N) is 1. The fourth-order valence-corrected chi connectivity index (χ4v) is 2.15. The van der Waals surface area contributed by atoms with Crippen LogP contribution in [-0.4, -0.2) is 24.7 Å². The first-order chi connectivity index (χ1) is 10.2. The number of nitrogens with zero attached hydrogens (tertiary/aromatic N) is 3. The molecule has 0 aromatic heterocycles. The summed E-state index contributed by atoms with van der Waals surface area (Å²) < 4.78 is 0. The van der Waals surface area contributed by atoms with E-state index >= 15 is 0 Å². The summed E-state index contributed by atoms with van der Waals surface area (Å²) in [5, 5.41) is 9.24. The lowest BCUT2D eigenvalue weighted by Crippen LogP contribution is -2.19. The number of rotatable bonds is 6. The Bertz CT molecular complexity index is 620. The van der Waals surface area contributed by atoms with E-state index in [9.17, 15) is 0 Å². The number of hydrazone groups is 2. The lowest BCUT2D eigenvalue weighted by molar-refractivity contribution is 0.381. The van der Waals surface area contributed by atoms with Gasteiger partial charge in [-0.25, -0.2) is 0 Å². The zero-order valence-electron chi connectivity index (χ0n) is 12.2. The Balaban J connectivity index is 2.17. The smallest absolute Gasteiger partial charge is 0.153 e. The van der Waals surface area contributed by atoms with Gasteiger partial charge in [0.25, 0.3) is 0 Å². The van der Waals surface area contributed by atoms with Crippen molar-refractivity contribution in [2.24, 2.45) is 15.9 Å². The highest BCUT2D eigenvalue weighted by Gasteiger charge is 2.07. The van der Waals surface area contributed by atoms with Gasteiger partial charge >= 0.3 is 0 Å². The molecule has 0 heterocycles. The Morgan fingerprint density at radius 3 is 2.43 bits per heavy atom. The van der Waals surface area contributed by atoms with E-state index in [1.807, 2.05) is 24.3 Å². The maximum absolute atomic E-state index is 6.06. The Labute approximate surface area is 125 Å². The predicted octanol–water partition coefficient (Wildman–Crippen LogP) is 2.64. The van der Waals surface area contributed by atoms with Crippen LogP contribution in [0, 0.1) is 0 Å². The molecule has 4 heteroatoms. The third-order valence-corrected chi connectivity index (χ3v) is 3.28. The molecule has 2 aromatic rings. The number of hydrogen-bond donors (Lipinski definition) is 1. The molecule has 0 unspecified atom stereocenters. The zero-order chi connectivity index (χ0) is 15.1. The minimum absolute atomic E-state index is 0.452. The van der Waals surface area contributed by atoms with E-state index in [0.29, 0.717) is 5.84 Å². The van der Waals surface area contributed by atoms with Crippen molar-refractivity contribution in [2.75, 3.05) is 7.05 Å². The summed E-state index contributed by atoms with van der Waals surface area (Å²) in [6, 6.07) is 18.5. The summed E-state index contributed by atoms with van der Waals surface area (Å²) in [7, 11) is 1.70. The van der Waals surface area contributed by atoms with Gasteiger partial charge < -0.3 is 5.73 Å². The highest BCUT2D eigenvalue weighted by atomic mass is 15.6. The average Bonchev–Trinajstić information content (AvgIpc) is 2.54. The van der Waals surface area contributed by atoms with Gasteiger partial charge in [0.2, 0.25) is 0 Å². The lowest BCUT2D eigenvalue weighted by Gasteiger charge is -2.11. The van der Waals surface area contributed by atoms with Crippen LogP contribution in [0.3, 0.4) is 0 Å². The van der Waals surface area contributed by atoms with Gasteiger partial charge in [-0.05, 0) is 24.0 Å². The van der Waals surface area contributed by atoms with Crippen LogP contribution in [0.15, 0.2) is 64.8 Å². The molecule has 0 fully saturated rings. The van der Waals surface area contributed by atoms with Crippen molar-refractivity contribution in [3.05, 3.63) is 71.3 Å². The molecule has 2 N–H and O–H groups in total. The van der Waals surface area contributed by atoms with Crippen LogP contribution in [0.4, 0.5) is 0 Å².